The van der Waals surface area contributed by atoms with Crippen LogP contribution < -0.4 is 10.2 Å². The van der Waals surface area contributed by atoms with Crippen molar-refractivity contribution in [1.82, 2.24) is 20.2 Å². The van der Waals surface area contributed by atoms with Gasteiger partial charge < -0.3 is 15.0 Å². The molecule has 30 heavy (non-hydrogen) atoms. The van der Waals surface area contributed by atoms with Crippen LogP contribution in [0.15, 0.2) is 36.7 Å². The number of aromatic nitrogens is 4. The minimum atomic E-state index is -0.455. The van der Waals surface area contributed by atoms with Gasteiger partial charge in [-0.25, -0.2) is 14.8 Å². The Bertz CT molecular complexity index is 1030. The summed E-state index contributed by atoms with van der Waals surface area (Å²) < 4.78 is 5.20. The second-order valence-electron chi connectivity index (χ2n) is 7.29. The van der Waals surface area contributed by atoms with E-state index >= 15 is 0 Å². The SMILES string of the molecule is CCOC(=O)c1nnc2ccccc2c1NC1CCN(c2cc(CC)ncn2)CC1. The van der Waals surface area contributed by atoms with Crippen LogP contribution in [0.5, 0.6) is 0 Å². The third-order valence-corrected chi connectivity index (χ3v) is 5.38. The van der Waals surface area contributed by atoms with Crippen molar-refractivity contribution in [2.24, 2.45) is 0 Å². The fourth-order valence-electron chi connectivity index (χ4n) is 3.75. The zero-order valence-electron chi connectivity index (χ0n) is 17.3. The normalized spacial score (nSPS) is 14.7. The first-order valence-corrected chi connectivity index (χ1v) is 10.4. The van der Waals surface area contributed by atoms with E-state index in [-0.39, 0.29) is 11.7 Å². The fraction of sp³-hybridized carbons (Fsp3) is 0.409. The summed E-state index contributed by atoms with van der Waals surface area (Å²) in [5, 5.41) is 12.8. The first-order chi connectivity index (χ1) is 14.7. The number of carbonyl (C=O) groups excluding carboxylic acids is 1. The lowest BCUT2D eigenvalue weighted by Gasteiger charge is -2.34. The molecular weight excluding hydrogens is 380 g/mol. The Kier molecular flexibility index (Phi) is 6.02. The number of hydrogen-bond donors (Lipinski definition) is 1. The highest BCUT2D eigenvalue weighted by Crippen LogP contribution is 2.28. The lowest BCUT2D eigenvalue weighted by molar-refractivity contribution is 0.0519. The first-order valence-electron chi connectivity index (χ1n) is 10.4. The quantitative estimate of drug-likeness (QED) is 0.624. The van der Waals surface area contributed by atoms with Gasteiger partial charge in [-0.1, -0.05) is 25.1 Å². The average molecular weight is 406 g/mol. The van der Waals surface area contributed by atoms with Crippen molar-refractivity contribution >= 4 is 28.4 Å². The van der Waals surface area contributed by atoms with Crippen molar-refractivity contribution < 1.29 is 9.53 Å². The molecule has 1 N–H and O–H groups in total. The highest BCUT2D eigenvalue weighted by molar-refractivity contribution is 6.03. The third kappa shape index (κ3) is 4.17. The number of nitrogens with one attached hydrogen (secondary N) is 1. The summed E-state index contributed by atoms with van der Waals surface area (Å²) in [4.78, 5) is 23.5. The number of piperidine rings is 1. The van der Waals surface area contributed by atoms with Gasteiger partial charge in [-0.05, 0) is 32.3 Å². The zero-order valence-corrected chi connectivity index (χ0v) is 17.3. The summed E-state index contributed by atoms with van der Waals surface area (Å²) in [6, 6.07) is 9.98. The lowest BCUT2D eigenvalue weighted by atomic mass is 10.0. The van der Waals surface area contributed by atoms with E-state index in [1.807, 2.05) is 24.3 Å². The first kappa shape index (κ1) is 20.0. The molecule has 4 rings (SSSR count). The van der Waals surface area contributed by atoms with Gasteiger partial charge in [-0.2, -0.15) is 0 Å². The maximum absolute atomic E-state index is 12.5. The van der Waals surface area contributed by atoms with Gasteiger partial charge in [-0.15, -0.1) is 10.2 Å². The largest absolute Gasteiger partial charge is 0.461 e. The van der Waals surface area contributed by atoms with Crippen LogP contribution in [0, 0.1) is 0 Å². The topological polar surface area (TPSA) is 93.1 Å². The van der Waals surface area contributed by atoms with E-state index in [4.69, 9.17) is 4.74 Å². The van der Waals surface area contributed by atoms with E-state index in [1.54, 1.807) is 13.3 Å². The van der Waals surface area contributed by atoms with Gasteiger partial charge in [-0.3, -0.25) is 0 Å². The fourth-order valence-corrected chi connectivity index (χ4v) is 3.75. The molecule has 1 aromatic carbocycles. The highest BCUT2D eigenvalue weighted by Gasteiger charge is 2.25. The molecule has 0 amide bonds. The number of anilines is 2. The predicted octanol–water partition coefficient (Wildman–Crippen LogP) is 3.24. The van der Waals surface area contributed by atoms with E-state index < -0.39 is 5.97 Å². The van der Waals surface area contributed by atoms with E-state index in [0.717, 1.165) is 54.8 Å². The molecule has 1 aliphatic rings. The van der Waals surface area contributed by atoms with E-state index in [1.165, 1.54) is 0 Å². The van der Waals surface area contributed by atoms with Crippen LogP contribution in [0.2, 0.25) is 0 Å². The number of rotatable bonds is 6. The molecule has 156 valence electrons. The zero-order chi connectivity index (χ0) is 20.9. The molecule has 0 bridgehead atoms. The molecule has 1 saturated heterocycles. The van der Waals surface area contributed by atoms with Crippen LogP contribution in [0.3, 0.4) is 0 Å². The Morgan fingerprint density at radius 1 is 1.17 bits per heavy atom. The molecule has 0 saturated carbocycles. The molecule has 0 aliphatic carbocycles. The maximum atomic E-state index is 12.5. The maximum Gasteiger partial charge on any atom is 0.361 e. The molecule has 2 aromatic heterocycles. The molecule has 1 fully saturated rings. The number of carbonyl (C=O) groups is 1. The molecular formula is C22H26N6O2. The lowest BCUT2D eigenvalue weighted by Crippen LogP contribution is -2.40. The smallest absolute Gasteiger partial charge is 0.361 e. The van der Waals surface area contributed by atoms with Gasteiger partial charge in [0.15, 0.2) is 5.69 Å². The monoisotopic (exact) mass is 406 g/mol. The molecule has 3 aromatic rings. The number of benzene rings is 1. The number of esters is 1. The standard InChI is InChI=1S/C22H26N6O2/c1-3-15-13-19(24-14-23-15)28-11-9-16(10-12-28)25-20-17-7-5-6-8-18(17)26-27-21(20)22(29)30-4-2/h5-8,13-14,16H,3-4,9-12H2,1-2H3,(H,25,26). The Balaban J connectivity index is 1.53. The summed E-state index contributed by atoms with van der Waals surface area (Å²) in [6.45, 7) is 5.93. The van der Waals surface area contributed by atoms with Crippen LogP contribution in [-0.2, 0) is 11.2 Å². The minimum absolute atomic E-state index is 0.217. The molecule has 1 aliphatic heterocycles. The van der Waals surface area contributed by atoms with Gasteiger partial charge in [0.05, 0.1) is 17.8 Å². The third-order valence-electron chi connectivity index (χ3n) is 5.38. The van der Waals surface area contributed by atoms with Gasteiger partial charge in [0.1, 0.15) is 12.1 Å². The van der Waals surface area contributed by atoms with Crippen molar-refractivity contribution in [3.8, 4) is 0 Å². The van der Waals surface area contributed by atoms with Gasteiger partial charge >= 0.3 is 5.97 Å². The molecule has 8 nitrogen and oxygen atoms in total. The average Bonchev–Trinajstić information content (AvgIpc) is 2.80. The summed E-state index contributed by atoms with van der Waals surface area (Å²) in [5.74, 6) is 0.521. The number of hydrogen-bond acceptors (Lipinski definition) is 8. The van der Waals surface area contributed by atoms with E-state index in [2.05, 4.69) is 43.4 Å². The highest BCUT2D eigenvalue weighted by atomic mass is 16.5. The number of nitrogens with zero attached hydrogens (tertiary/aromatic N) is 5. The van der Waals surface area contributed by atoms with Crippen molar-refractivity contribution in [3.63, 3.8) is 0 Å². The predicted molar refractivity (Wildman–Crippen MR) is 116 cm³/mol. The van der Waals surface area contributed by atoms with Crippen molar-refractivity contribution in [2.45, 2.75) is 39.2 Å². The van der Waals surface area contributed by atoms with Crippen LogP contribution in [-0.4, -0.2) is 51.9 Å². The molecule has 3 heterocycles. The molecule has 0 spiro atoms. The summed E-state index contributed by atoms with van der Waals surface area (Å²) in [6.07, 6.45) is 4.37. The van der Waals surface area contributed by atoms with Gasteiger partial charge in [0.25, 0.3) is 0 Å². The molecule has 0 unspecified atom stereocenters. The van der Waals surface area contributed by atoms with E-state index in [9.17, 15) is 4.79 Å². The van der Waals surface area contributed by atoms with Crippen LogP contribution in [0.25, 0.3) is 10.9 Å². The summed E-state index contributed by atoms with van der Waals surface area (Å²) in [7, 11) is 0. The van der Waals surface area contributed by atoms with Crippen molar-refractivity contribution in [1.29, 1.82) is 0 Å². The summed E-state index contributed by atoms with van der Waals surface area (Å²) in [5.41, 5.74) is 2.74. The number of ether oxygens (including phenoxy) is 1. The van der Waals surface area contributed by atoms with Gasteiger partial charge in [0.2, 0.25) is 0 Å². The van der Waals surface area contributed by atoms with Crippen molar-refractivity contribution in [2.75, 3.05) is 29.9 Å². The van der Waals surface area contributed by atoms with Gasteiger partial charge in [0, 0.05) is 36.3 Å². The van der Waals surface area contributed by atoms with E-state index in [0.29, 0.717) is 12.3 Å². The Morgan fingerprint density at radius 3 is 2.73 bits per heavy atom. The Hall–Kier alpha value is -3.29. The van der Waals surface area contributed by atoms with Crippen LogP contribution >= 0.6 is 0 Å². The second kappa shape index (κ2) is 9.02. The molecule has 8 heteroatoms. The summed E-state index contributed by atoms with van der Waals surface area (Å²) >= 11 is 0. The van der Waals surface area contributed by atoms with Crippen LogP contribution in [0.1, 0.15) is 42.9 Å². The second-order valence-corrected chi connectivity index (χ2v) is 7.29. The molecule has 0 radical (unpaired) electrons. The van der Waals surface area contributed by atoms with Crippen LogP contribution in [0.4, 0.5) is 11.5 Å². The Morgan fingerprint density at radius 2 is 1.97 bits per heavy atom. The molecule has 0 atom stereocenters. The number of aryl methyl sites for hydroxylation is 1. The number of fused-ring (bicyclic) bond motifs is 1. The Labute approximate surface area is 175 Å². The van der Waals surface area contributed by atoms with Crippen molar-refractivity contribution in [3.05, 3.63) is 48.0 Å². The minimum Gasteiger partial charge on any atom is -0.461 e.